The summed E-state index contributed by atoms with van der Waals surface area (Å²) in [5.74, 6) is -5.04. The number of benzene rings is 3. The Bertz CT molecular complexity index is 1480. The van der Waals surface area contributed by atoms with Gasteiger partial charge in [0.05, 0.1) is 5.56 Å². The minimum absolute atomic E-state index is 0.116. The molecule has 0 heterocycles. The maximum atomic E-state index is 13.7. The van der Waals surface area contributed by atoms with E-state index in [1.54, 1.807) is 30.3 Å². The number of carbonyl (C=O) groups excluding carboxylic acids is 1. The lowest BCUT2D eigenvalue weighted by Crippen LogP contribution is -2.59. The number of carboxylic acid groups (broad SMARTS) is 1. The van der Waals surface area contributed by atoms with Crippen LogP contribution in [0.5, 0.6) is 5.75 Å². The van der Waals surface area contributed by atoms with Gasteiger partial charge in [0.1, 0.15) is 18.4 Å². The molecule has 5 nitrogen and oxygen atoms in total. The molecule has 222 valence electrons. The Labute approximate surface area is 239 Å². The van der Waals surface area contributed by atoms with E-state index >= 15 is 0 Å². The van der Waals surface area contributed by atoms with E-state index < -0.39 is 41.0 Å². The van der Waals surface area contributed by atoms with Gasteiger partial charge in [-0.1, -0.05) is 54.6 Å². The highest BCUT2D eigenvalue weighted by Crippen LogP contribution is 2.61. The summed E-state index contributed by atoms with van der Waals surface area (Å²) in [6.07, 6.45) is -0.0204. The molecule has 7 rings (SSSR count). The van der Waals surface area contributed by atoms with E-state index in [1.165, 1.54) is 0 Å². The van der Waals surface area contributed by atoms with E-state index in [0.29, 0.717) is 40.8 Å². The van der Waals surface area contributed by atoms with Crippen LogP contribution in [-0.2, 0) is 17.3 Å². The lowest BCUT2D eigenvalue weighted by Gasteiger charge is -2.58. The molecule has 0 radical (unpaired) electrons. The highest BCUT2D eigenvalue weighted by atomic mass is 19.4. The molecule has 4 aliphatic rings. The number of fused-ring (bicyclic) bond motifs is 1. The first-order chi connectivity index (χ1) is 19.9. The van der Waals surface area contributed by atoms with Gasteiger partial charge in [-0.15, -0.1) is 0 Å². The van der Waals surface area contributed by atoms with Gasteiger partial charge < -0.3 is 15.2 Å². The second kappa shape index (κ2) is 10.2. The number of amides is 1. The second-order valence-corrected chi connectivity index (χ2v) is 12.2. The van der Waals surface area contributed by atoms with Gasteiger partial charge in [0.25, 0.3) is 5.91 Å². The van der Waals surface area contributed by atoms with Crippen LogP contribution in [0.25, 0.3) is 10.8 Å². The normalized spacial score (nSPS) is 25.8. The number of nitrogens with one attached hydrogen (secondary N) is 1. The summed E-state index contributed by atoms with van der Waals surface area (Å²) in [7, 11) is 0. The molecule has 4 aliphatic carbocycles. The lowest BCUT2D eigenvalue weighted by molar-refractivity contribution is -0.289. The lowest BCUT2D eigenvalue weighted by atomic mass is 9.47. The molecule has 1 unspecified atom stereocenters. The van der Waals surface area contributed by atoms with Gasteiger partial charge in [0.2, 0.25) is 0 Å². The number of hydrogen-bond donors (Lipinski definition) is 2. The Morgan fingerprint density at radius 3 is 2.05 bits per heavy atom. The third-order valence-corrected chi connectivity index (χ3v) is 9.40. The van der Waals surface area contributed by atoms with Crippen LogP contribution < -0.4 is 10.1 Å². The first-order valence-corrected chi connectivity index (χ1v) is 14.1. The zero-order chi connectivity index (χ0) is 29.9. The summed E-state index contributed by atoms with van der Waals surface area (Å²) < 4.78 is 71.7. The van der Waals surface area contributed by atoms with Gasteiger partial charge in [-0.2, -0.15) is 22.0 Å². The zero-order valence-corrected chi connectivity index (χ0v) is 22.6. The third kappa shape index (κ3) is 4.98. The Balaban J connectivity index is 1.27. The van der Waals surface area contributed by atoms with Crippen LogP contribution in [0.1, 0.15) is 60.0 Å². The number of halogens is 5. The molecule has 4 saturated carbocycles. The van der Waals surface area contributed by atoms with Crippen molar-refractivity contribution in [3.05, 3.63) is 77.4 Å². The van der Waals surface area contributed by atoms with Crippen LogP contribution in [0.3, 0.4) is 0 Å². The average molecular weight is 588 g/mol. The molecule has 0 saturated heterocycles. The predicted molar refractivity (Wildman–Crippen MR) is 144 cm³/mol. The van der Waals surface area contributed by atoms with E-state index in [-0.39, 0.29) is 17.9 Å². The summed E-state index contributed by atoms with van der Waals surface area (Å²) in [6, 6.07) is 13.0. The number of alkyl halides is 5. The molecule has 4 fully saturated rings. The highest BCUT2D eigenvalue weighted by molar-refractivity contribution is 6.05. The molecular formula is C32H30F5NO4. The van der Waals surface area contributed by atoms with Gasteiger partial charge >= 0.3 is 18.1 Å². The number of aliphatic carboxylic acids is 1. The van der Waals surface area contributed by atoms with Crippen LogP contribution in [-0.4, -0.2) is 29.2 Å². The van der Waals surface area contributed by atoms with Crippen LogP contribution >= 0.6 is 0 Å². The third-order valence-electron chi connectivity index (χ3n) is 9.40. The molecule has 3 aromatic carbocycles. The van der Waals surface area contributed by atoms with Crippen molar-refractivity contribution in [2.45, 2.75) is 63.3 Å². The highest BCUT2D eigenvalue weighted by Gasteiger charge is 2.59. The second-order valence-electron chi connectivity index (χ2n) is 12.2. The number of carboxylic acids is 1. The minimum atomic E-state index is -5.72. The van der Waals surface area contributed by atoms with Crippen molar-refractivity contribution in [3.63, 3.8) is 0 Å². The standard InChI is InChI=1S/C32H30F5NO4/c33-31(34,32(35,36)37)23-8-5-18(6-9-23)17-42-26-24-4-2-1-3-22(24)7-10-25(26)28(39)38-27(29(40)41)30-14-19-11-20(15-30)13-21(12-19)16-30/h1-10,19-21,27H,11-17H2,(H,38,39)(H,40,41). The van der Waals surface area contributed by atoms with Gasteiger partial charge in [-0.3, -0.25) is 4.79 Å². The molecule has 0 aromatic heterocycles. The van der Waals surface area contributed by atoms with Crippen molar-refractivity contribution in [2.24, 2.45) is 23.2 Å². The fourth-order valence-corrected chi connectivity index (χ4v) is 7.92. The SMILES string of the molecule is O=C(NC(C(=O)O)C12CC3CC(CC(C3)C1)C2)c1ccc2ccccc2c1OCc1ccc(C(F)(F)C(F)(F)F)cc1. The van der Waals surface area contributed by atoms with Crippen LogP contribution in [0.4, 0.5) is 22.0 Å². The fraction of sp³-hybridized carbons (Fsp3) is 0.438. The summed E-state index contributed by atoms with van der Waals surface area (Å²) in [5, 5.41) is 14.4. The maximum absolute atomic E-state index is 13.7. The van der Waals surface area contributed by atoms with Crippen molar-refractivity contribution in [1.82, 2.24) is 5.32 Å². The molecule has 0 spiro atoms. The molecule has 2 N–H and O–H groups in total. The predicted octanol–water partition coefficient (Wildman–Crippen LogP) is 7.47. The maximum Gasteiger partial charge on any atom is 0.458 e. The van der Waals surface area contributed by atoms with Crippen molar-refractivity contribution < 1.29 is 41.4 Å². The van der Waals surface area contributed by atoms with E-state index in [1.807, 2.05) is 6.07 Å². The number of hydrogen-bond acceptors (Lipinski definition) is 3. The summed E-state index contributed by atoms with van der Waals surface area (Å²) in [4.78, 5) is 26.3. The van der Waals surface area contributed by atoms with Crippen molar-refractivity contribution in [1.29, 1.82) is 0 Å². The van der Waals surface area contributed by atoms with Gasteiger partial charge in [0, 0.05) is 16.4 Å². The van der Waals surface area contributed by atoms with Gasteiger partial charge in [-0.05, 0) is 73.3 Å². The Morgan fingerprint density at radius 2 is 1.48 bits per heavy atom. The Hall–Kier alpha value is -3.69. The molecule has 0 aliphatic heterocycles. The number of rotatable bonds is 8. The molecule has 42 heavy (non-hydrogen) atoms. The molecule has 1 amide bonds. The quantitative estimate of drug-likeness (QED) is 0.268. The van der Waals surface area contributed by atoms with Gasteiger partial charge in [0.15, 0.2) is 0 Å². The van der Waals surface area contributed by atoms with Crippen LogP contribution in [0.15, 0.2) is 60.7 Å². The fourth-order valence-electron chi connectivity index (χ4n) is 7.92. The summed E-state index contributed by atoms with van der Waals surface area (Å²) >= 11 is 0. The first-order valence-electron chi connectivity index (χ1n) is 14.1. The average Bonchev–Trinajstić information content (AvgIpc) is 2.93. The smallest absolute Gasteiger partial charge is 0.458 e. The van der Waals surface area contributed by atoms with Crippen molar-refractivity contribution in [3.8, 4) is 5.75 Å². The van der Waals surface area contributed by atoms with Crippen molar-refractivity contribution >= 4 is 22.6 Å². The molecule has 3 aromatic rings. The van der Waals surface area contributed by atoms with Crippen LogP contribution in [0.2, 0.25) is 0 Å². The van der Waals surface area contributed by atoms with Crippen LogP contribution in [0, 0.1) is 23.2 Å². The van der Waals surface area contributed by atoms with E-state index in [4.69, 9.17) is 4.74 Å². The monoisotopic (exact) mass is 587 g/mol. The summed E-state index contributed by atoms with van der Waals surface area (Å²) in [5.41, 5.74) is -1.25. The topological polar surface area (TPSA) is 75.6 Å². The largest absolute Gasteiger partial charge is 0.487 e. The first kappa shape index (κ1) is 28.4. The van der Waals surface area contributed by atoms with E-state index in [9.17, 15) is 36.6 Å². The van der Waals surface area contributed by atoms with Gasteiger partial charge in [-0.25, -0.2) is 4.79 Å². The molecule has 10 heteroatoms. The number of ether oxygens (including phenoxy) is 1. The molecular weight excluding hydrogens is 557 g/mol. The number of carbonyl (C=O) groups is 2. The minimum Gasteiger partial charge on any atom is -0.487 e. The zero-order valence-electron chi connectivity index (χ0n) is 22.6. The van der Waals surface area contributed by atoms with E-state index in [2.05, 4.69) is 5.32 Å². The van der Waals surface area contributed by atoms with Crippen molar-refractivity contribution in [2.75, 3.05) is 0 Å². The Kier molecular flexibility index (Phi) is 6.93. The van der Waals surface area contributed by atoms with E-state index in [0.717, 1.165) is 56.0 Å². The molecule has 1 atom stereocenters. The molecule has 4 bridgehead atoms. The summed E-state index contributed by atoms with van der Waals surface area (Å²) in [6.45, 7) is -0.219. The Morgan fingerprint density at radius 1 is 0.881 bits per heavy atom.